The summed E-state index contributed by atoms with van der Waals surface area (Å²) in [4.78, 5) is 26.3. The fourth-order valence-electron chi connectivity index (χ4n) is 6.47. The van der Waals surface area contributed by atoms with Gasteiger partial charge in [-0.3, -0.25) is 9.59 Å². The highest BCUT2D eigenvalue weighted by Gasteiger charge is 2.68. The molecule has 0 amide bonds. The van der Waals surface area contributed by atoms with Crippen molar-refractivity contribution in [3.05, 3.63) is 29.8 Å². The first-order valence-corrected chi connectivity index (χ1v) is 10.9. The molecule has 156 valence electrons. The van der Waals surface area contributed by atoms with Crippen LogP contribution in [0.4, 0.5) is 0 Å². The Balaban J connectivity index is 1.67. The van der Waals surface area contributed by atoms with Gasteiger partial charge in [0.15, 0.2) is 5.79 Å². The van der Waals surface area contributed by atoms with E-state index in [4.69, 9.17) is 18.9 Å². The van der Waals surface area contributed by atoms with Crippen molar-refractivity contribution >= 4 is 11.9 Å². The maximum atomic E-state index is 13.6. The maximum Gasteiger partial charge on any atom is 0.319 e. The lowest BCUT2D eigenvalue weighted by molar-refractivity contribution is -0.264. The second-order valence-electron chi connectivity index (χ2n) is 8.71. The summed E-state index contributed by atoms with van der Waals surface area (Å²) in [6.07, 6.45) is 4.55. The van der Waals surface area contributed by atoms with E-state index in [0.717, 1.165) is 31.2 Å². The number of hydrogen-bond acceptors (Lipinski definition) is 6. The molecule has 4 atom stereocenters. The van der Waals surface area contributed by atoms with E-state index >= 15 is 0 Å². The van der Waals surface area contributed by atoms with Crippen molar-refractivity contribution in [2.75, 3.05) is 19.8 Å². The van der Waals surface area contributed by atoms with Crippen LogP contribution >= 0.6 is 0 Å². The molecule has 0 radical (unpaired) electrons. The lowest BCUT2D eigenvalue weighted by Gasteiger charge is -2.59. The fourth-order valence-corrected chi connectivity index (χ4v) is 6.47. The summed E-state index contributed by atoms with van der Waals surface area (Å²) in [6, 6.07) is 7.67. The molecule has 2 aliphatic heterocycles. The number of carbonyl (C=O) groups is 2. The van der Waals surface area contributed by atoms with E-state index in [0.29, 0.717) is 32.0 Å². The molecule has 0 aromatic heterocycles. The van der Waals surface area contributed by atoms with Gasteiger partial charge < -0.3 is 18.9 Å². The van der Waals surface area contributed by atoms with Crippen LogP contribution in [0.1, 0.15) is 56.9 Å². The molecule has 6 nitrogen and oxygen atoms in total. The van der Waals surface area contributed by atoms with Crippen LogP contribution in [0.3, 0.4) is 0 Å². The third-order valence-electron chi connectivity index (χ3n) is 7.50. The van der Waals surface area contributed by atoms with Gasteiger partial charge in [-0.25, -0.2) is 0 Å². The van der Waals surface area contributed by atoms with Gasteiger partial charge in [-0.15, -0.1) is 0 Å². The van der Waals surface area contributed by atoms with Crippen LogP contribution in [-0.2, 0) is 23.8 Å². The van der Waals surface area contributed by atoms with Gasteiger partial charge in [0, 0.05) is 18.3 Å². The third kappa shape index (κ3) is 2.76. The van der Waals surface area contributed by atoms with Crippen LogP contribution in [-0.4, -0.2) is 37.5 Å². The van der Waals surface area contributed by atoms with Crippen LogP contribution < -0.4 is 4.74 Å². The first kappa shape index (κ1) is 19.1. The maximum absolute atomic E-state index is 13.6. The highest BCUT2D eigenvalue weighted by atomic mass is 16.7. The fraction of sp³-hybridized carbons (Fsp3) is 0.652. The zero-order chi connectivity index (χ0) is 20.1. The SMILES string of the molecule is CCOC(=O)CC12C(=O)Oc3ccccc3C1CC1(OCCO1)C1CCCCC12. The van der Waals surface area contributed by atoms with Gasteiger partial charge in [-0.05, 0) is 37.3 Å². The number of para-hydroxylation sites is 1. The Labute approximate surface area is 170 Å². The Morgan fingerprint density at radius 3 is 2.62 bits per heavy atom. The summed E-state index contributed by atoms with van der Waals surface area (Å²) in [5.41, 5.74) is 0.0468. The van der Waals surface area contributed by atoms with E-state index in [-0.39, 0.29) is 36.1 Å². The molecular weight excluding hydrogens is 372 g/mol. The van der Waals surface area contributed by atoms with Gasteiger partial charge in [0.25, 0.3) is 0 Å². The summed E-state index contributed by atoms with van der Waals surface area (Å²) < 4.78 is 23.7. The Kier molecular flexibility index (Phi) is 4.67. The number of hydrogen-bond donors (Lipinski definition) is 0. The number of rotatable bonds is 3. The van der Waals surface area contributed by atoms with Gasteiger partial charge in [0.1, 0.15) is 5.75 Å². The second kappa shape index (κ2) is 7.10. The van der Waals surface area contributed by atoms with E-state index in [1.54, 1.807) is 6.92 Å². The van der Waals surface area contributed by atoms with E-state index < -0.39 is 11.2 Å². The Bertz CT molecular complexity index is 813. The van der Waals surface area contributed by atoms with Crippen molar-refractivity contribution < 1.29 is 28.5 Å². The summed E-state index contributed by atoms with van der Waals surface area (Å²) in [7, 11) is 0. The Morgan fingerprint density at radius 1 is 1.14 bits per heavy atom. The molecule has 1 spiro atoms. The first-order valence-electron chi connectivity index (χ1n) is 10.9. The molecule has 3 fully saturated rings. The second-order valence-corrected chi connectivity index (χ2v) is 8.71. The van der Waals surface area contributed by atoms with Crippen molar-refractivity contribution in [1.29, 1.82) is 0 Å². The van der Waals surface area contributed by atoms with Gasteiger partial charge in [0.2, 0.25) is 0 Å². The molecule has 0 N–H and O–H groups in total. The molecule has 2 aliphatic carbocycles. The van der Waals surface area contributed by atoms with Crippen LogP contribution in [0.25, 0.3) is 0 Å². The Hall–Kier alpha value is -1.92. The molecule has 6 heteroatoms. The molecule has 1 aromatic rings. The number of benzene rings is 1. The van der Waals surface area contributed by atoms with E-state index in [1.165, 1.54) is 0 Å². The molecule has 2 heterocycles. The van der Waals surface area contributed by atoms with Gasteiger partial charge >= 0.3 is 11.9 Å². The lowest BCUT2D eigenvalue weighted by Crippen LogP contribution is -2.63. The van der Waals surface area contributed by atoms with Crippen molar-refractivity contribution in [1.82, 2.24) is 0 Å². The van der Waals surface area contributed by atoms with Crippen LogP contribution in [0.15, 0.2) is 24.3 Å². The monoisotopic (exact) mass is 400 g/mol. The molecular formula is C23H28O6. The molecule has 0 bridgehead atoms. The van der Waals surface area contributed by atoms with Crippen LogP contribution in [0.5, 0.6) is 5.75 Å². The minimum absolute atomic E-state index is 0.0293. The average molecular weight is 400 g/mol. The molecule has 1 aromatic carbocycles. The summed E-state index contributed by atoms with van der Waals surface area (Å²) in [6.45, 7) is 3.25. The summed E-state index contributed by atoms with van der Waals surface area (Å²) in [5, 5.41) is 0. The molecule has 4 aliphatic rings. The number of esters is 2. The highest BCUT2D eigenvalue weighted by Crippen LogP contribution is 2.66. The minimum Gasteiger partial charge on any atom is -0.466 e. The van der Waals surface area contributed by atoms with Crippen molar-refractivity contribution in [3.8, 4) is 5.75 Å². The summed E-state index contributed by atoms with van der Waals surface area (Å²) >= 11 is 0. The van der Waals surface area contributed by atoms with Crippen molar-refractivity contribution in [3.63, 3.8) is 0 Å². The highest BCUT2D eigenvalue weighted by molar-refractivity contribution is 5.88. The quantitative estimate of drug-likeness (QED) is 0.571. The molecule has 29 heavy (non-hydrogen) atoms. The molecule has 4 unspecified atom stereocenters. The standard InChI is InChI=1S/C23H28O6/c1-2-26-20(24)14-22-16-8-4-5-9-17(16)23(27-11-12-28-23)13-18(22)15-7-3-6-10-19(15)29-21(22)25/h3,6-7,10,16-18H,2,4-5,8-9,11-14H2,1H3. The molecule has 2 saturated carbocycles. The van der Waals surface area contributed by atoms with Crippen molar-refractivity contribution in [2.45, 2.75) is 57.2 Å². The summed E-state index contributed by atoms with van der Waals surface area (Å²) in [5.74, 6) is -0.841. The van der Waals surface area contributed by atoms with Gasteiger partial charge in [0.05, 0.1) is 31.7 Å². The third-order valence-corrected chi connectivity index (χ3v) is 7.50. The predicted octanol–water partition coefficient (Wildman–Crippen LogP) is 3.58. The predicted molar refractivity (Wildman–Crippen MR) is 103 cm³/mol. The molecule has 5 rings (SSSR count). The number of fused-ring (bicyclic) bond motifs is 6. The van der Waals surface area contributed by atoms with Crippen molar-refractivity contribution in [2.24, 2.45) is 17.3 Å². The van der Waals surface area contributed by atoms with Gasteiger partial charge in [-0.2, -0.15) is 0 Å². The zero-order valence-electron chi connectivity index (χ0n) is 16.9. The average Bonchev–Trinajstić information content (AvgIpc) is 3.19. The zero-order valence-corrected chi connectivity index (χ0v) is 16.9. The van der Waals surface area contributed by atoms with E-state index in [1.807, 2.05) is 24.3 Å². The van der Waals surface area contributed by atoms with E-state index in [2.05, 4.69) is 0 Å². The minimum atomic E-state index is -0.924. The molecule has 1 saturated heterocycles. The van der Waals surface area contributed by atoms with Crippen LogP contribution in [0, 0.1) is 17.3 Å². The largest absolute Gasteiger partial charge is 0.466 e. The van der Waals surface area contributed by atoms with Gasteiger partial charge in [-0.1, -0.05) is 31.0 Å². The topological polar surface area (TPSA) is 71.1 Å². The van der Waals surface area contributed by atoms with Crippen LogP contribution in [0.2, 0.25) is 0 Å². The lowest BCUT2D eigenvalue weighted by atomic mass is 9.48. The first-order chi connectivity index (χ1) is 14.1. The normalized spacial score (nSPS) is 34.7. The smallest absolute Gasteiger partial charge is 0.319 e. The number of carbonyl (C=O) groups excluding carboxylic acids is 2. The van der Waals surface area contributed by atoms with E-state index in [9.17, 15) is 9.59 Å². The number of ether oxygens (including phenoxy) is 4. The Morgan fingerprint density at radius 2 is 1.86 bits per heavy atom.